The van der Waals surface area contributed by atoms with E-state index in [-0.39, 0.29) is 17.8 Å². The predicted octanol–water partition coefficient (Wildman–Crippen LogP) is 2.70. The molecule has 0 aliphatic rings. The minimum absolute atomic E-state index is 0.0418. The van der Waals surface area contributed by atoms with Crippen molar-refractivity contribution in [3.63, 3.8) is 0 Å². The highest BCUT2D eigenvalue weighted by atomic mass is 16.4. The fourth-order valence-corrected chi connectivity index (χ4v) is 1.11. The Bertz CT molecular complexity index is 171. The summed E-state index contributed by atoms with van der Waals surface area (Å²) < 4.78 is 0. The summed E-state index contributed by atoms with van der Waals surface area (Å²) in [6.07, 6.45) is 2.95. The maximum absolute atomic E-state index is 10.4. The molecular formula is C10H18O2. The molecule has 0 spiro atoms. The Morgan fingerprint density at radius 2 is 2.17 bits per heavy atom. The Labute approximate surface area is 74.3 Å². The highest BCUT2D eigenvalue weighted by Crippen LogP contribution is 2.32. The van der Waals surface area contributed by atoms with Crippen molar-refractivity contribution in [3.8, 4) is 0 Å². The van der Waals surface area contributed by atoms with Crippen LogP contribution in [-0.2, 0) is 4.79 Å². The molecule has 0 fully saturated rings. The first-order chi connectivity index (χ1) is 5.40. The minimum Gasteiger partial charge on any atom is -0.481 e. The fourth-order valence-electron chi connectivity index (χ4n) is 1.11. The average Bonchev–Trinajstić information content (AvgIpc) is 1.85. The topological polar surface area (TPSA) is 37.3 Å². The molecule has 0 aromatic rings. The van der Waals surface area contributed by atoms with Crippen LogP contribution in [0.1, 0.15) is 33.6 Å². The van der Waals surface area contributed by atoms with Gasteiger partial charge in [0.05, 0.1) is 0 Å². The van der Waals surface area contributed by atoms with Crippen LogP contribution in [0.2, 0.25) is 0 Å². The lowest BCUT2D eigenvalue weighted by Gasteiger charge is -2.29. The number of carbonyl (C=O) groups is 1. The van der Waals surface area contributed by atoms with E-state index in [4.69, 9.17) is 5.11 Å². The summed E-state index contributed by atoms with van der Waals surface area (Å²) in [6.45, 7) is 9.77. The Hall–Kier alpha value is -0.790. The van der Waals surface area contributed by atoms with Gasteiger partial charge in [-0.25, -0.2) is 0 Å². The van der Waals surface area contributed by atoms with Gasteiger partial charge in [-0.15, -0.1) is 6.58 Å². The van der Waals surface area contributed by atoms with Gasteiger partial charge in [0.1, 0.15) is 0 Å². The van der Waals surface area contributed by atoms with Crippen molar-refractivity contribution in [2.75, 3.05) is 0 Å². The highest BCUT2D eigenvalue weighted by Gasteiger charge is 2.25. The summed E-state index contributed by atoms with van der Waals surface area (Å²) in [6, 6.07) is 0. The van der Waals surface area contributed by atoms with Gasteiger partial charge in [-0.2, -0.15) is 0 Å². The van der Waals surface area contributed by atoms with Crippen LogP contribution in [0.4, 0.5) is 0 Å². The molecule has 0 radical (unpaired) electrons. The van der Waals surface area contributed by atoms with E-state index >= 15 is 0 Å². The normalized spacial score (nSPS) is 13.9. The van der Waals surface area contributed by atoms with Crippen molar-refractivity contribution in [2.45, 2.75) is 33.6 Å². The van der Waals surface area contributed by atoms with Gasteiger partial charge < -0.3 is 5.11 Å². The van der Waals surface area contributed by atoms with Gasteiger partial charge in [-0.3, -0.25) is 4.79 Å². The van der Waals surface area contributed by atoms with Crippen LogP contribution >= 0.6 is 0 Å². The number of hydrogen-bond acceptors (Lipinski definition) is 1. The third-order valence-electron chi connectivity index (χ3n) is 2.49. The van der Waals surface area contributed by atoms with Crippen molar-refractivity contribution >= 4 is 5.97 Å². The molecule has 0 aliphatic heterocycles. The van der Waals surface area contributed by atoms with E-state index in [0.29, 0.717) is 0 Å². The number of hydrogen-bond donors (Lipinski definition) is 1. The molecule has 0 bridgehead atoms. The summed E-state index contributed by atoms with van der Waals surface area (Å²) in [5.74, 6) is -0.535. The zero-order valence-electron chi connectivity index (χ0n) is 8.13. The van der Waals surface area contributed by atoms with Crippen LogP contribution in [0, 0.1) is 11.3 Å². The van der Waals surface area contributed by atoms with Crippen molar-refractivity contribution in [2.24, 2.45) is 11.3 Å². The molecule has 0 saturated carbocycles. The molecule has 0 heterocycles. The lowest BCUT2D eigenvalue weighted by Crippen LogP contribution is -2.23. The van der Waals surface area contributed by atoms with Gasteiger partial charge in [0, 0.05) is 6.42 Å². The molecule has 2 nitrogen and oxygen atoms in total. The van der Waals surface area contributed by atoms with Crippen LogP contribution in [0.15, 0.2) is 12.7 Å². The average molecular weight is 170 g/mol. The number of carboxylic acids is 1. The summed E-state index contributed by atoms with van der Waals surface area (Å²) in [5, 5.41) is 8.59. The largest absolute Gasteiger partial charge is 0.481 e. The Balaban J connectivity index is 4.13. The summed E-state index contributed by atoms with van der Waals surface area (Å²) >= 11 is 0. The van der Waals surface area contributed by atoms with Crippen molar-refractivity contribution in [3.05, 3.63) is 12.7 Å². The van der Waals surface area contributed by atoms with Crippen LogP contribution in [0.3, 0.4) is 0 Å². The summed E-state index contributed by atoms with van der Waals surface area (Å²) in [7, 11) is 0. The molecule has 0 aliphatic carbocycles. The lowest BCUT2D eigenvalue weighted by molar-refractivity contribution is -0.138. The van der Waals surface area contributed by atoms with E-state index in [2.05, 4.69) is 20.4 Å². The van der Waals surface area contributed by atoms with Gasteiger partial charge in [0.15, 0.2) is 0 Å². The van der Waals surface area contributed by atoms with E-state index in [1.807, 2.05) is 13.0 Å². The van der Waals surface area contributed by atoms with E-state index in [1.54, 1.807) is 0 Å². The third-order valence-corrected chi connectivity index (χ3v) is 2.49. The quantitative estimate of drug-likeness (QED) is 0.644. The van der Waals surface area contributed by atoms with Gasteiger partial charge in [0.2, 0.25) is 0 Å². The molecule has 70 valence electrons. The van der Waals surface area contributed by atoms with Crippen LogP contribution in [0.5, 0.6) is 0 Å². The second kappa shape index (κ2) is 4.29. The molecular weight excluding hydrogens is 152 g/mol. The molecule has 1 N–H and O–H groups in total. The lowest BCUT2D eigenvalue weighted by atomic mass is 9.76. The molecule has 0 amide bonds. The van der Waals surface area contributed by atoms with Crippen molar-refractivity contribution in [1.82, 2.24) is 0 Å². The monoisotopic (exact) mass is 170 g/mol. The molecule has 0 saturated heterocycles. The van der Waals surface area contributed by atoms with E-state index in [0.717, 1.165) is 6.42 Å². The molecule has 1 atom stereocenters. The van der Waals surface area contributed by atoms with Crippen LogP contribution < -0.4 is 0 Å². The van der Waals surface area contributed by atoms with Crippen LogP contribution in [0.25, 0.3) is 0 Å². The predicted molar refractivity (Wildman–Crippen MR) is 50.0 cm³/mol. The standard InChI is InChI=1S/C10H18O2/c1-5-6-10(3,4)8(2)7-9(11)12/h5,8H,1,6-7H2,2-4H3,(H,11,12). The smallest absolute Gasteiger partial charge is 0.303 e. The number of aliphatic carboxylic acids is 1. The second-order valence-corrected chi connectivity index (χ2v) is 3.98. The number of allylic oxidation sites excluding steroid dienone is 1. The van der Waals surface area contributed by atoms with E-state index in [9.17, 15) is 4.79 Å². The Morgan fingerprint density at radius 3 is 2.50 bits per heavy atom. The molecule has 1 unspecified atom stereocenters. The zero-order valence-corrected chi connectivity index (χ0v) is 8.13. The first-order valence-electron chi connectivity index (χ1n) is 4.23. The minimum atomic E-state index is -0.723. The van der Waals surface area contributed by atoms with Gasteiger partial charge >= 0.3 is 5.97 Å². The van der Waals surface area contributed by atoms with Gasteiger partial charge in [-0.05, 0) is 17.8 Å². The Morgan fingerprint density at radius 1 is 1.67 bits per heavy atom. The number of rotatable bonds is 5. The summed E-state index contributed by atoms with van der Waals surface area (Å²) in [5.41, 5.74) is 0.0418. The highest BCUT2D eigenvalue weighted by molar-refractivity contribution is 5.67. The zero-order chi connectivity index (χ0) is 9.78. The molecule has 0 rings (SSSR count). The second-order valence-electron chi connectivity index (χ2n) is 3.98. The SMILES string of the molecule is C=CCC(C)(C)C(C)CC(=O)O. The molecule has 0 aromatic carbocycles. The van der Waals surface area contributed by atoms with E-state index in [1.165, 1.54) is 0 Å². The maximum Gasteiger partial charge on any atom is 0.303 e. The summed E-state index contributed by atoms with van der Waals surface area (Å²) in [4.78, 5) is 10.4. The first-order valence-corrected chi connectivity index (χ1v) is 4.23. The molecule has 2 heteroatoms. The van der Waals surface area contributed by atoms with E-state index < -0.39 is 5.97 Å². The molecule has 0 aromatic heterocycles. The molecule has 12 heavy (non-hydrogen) atoms. The van der Waals surface area contributed by atoms with Crippen molar-refractivity contribution < 1.29 is 9.90 Å². The first kappa shape index (κ1) is 11.2. The third kappa shape index (κ3) is 3.56. The van der Waals surface area contributed by atoms with Crippen LogP contribution in [-0.4, -0.2) is 11.1 Å². The van der Waals surface area contributed by atoms with Gasteiger partial charge in [0.25, 0.3) is 0 Å². The fraction of sp³-hybridized carbons (Fsp3) is 0.700. The Kier molecular flexibility index (Phi) is 4.01. The van der Waals surface area contributed by atoms with Gasteiger partial charge in [-0.1, -0.05) is 26.8 Å². The van der Waals surface area contributed by atoms with Crippen molar-refractivity contribution in [1.29, 1.82) is 0 Å². The number of carboxylic acid groups (broad SMARTS) is 1. The maximum atomic E-state index is 10.4.